The molecular formula is C22H15F3N4. The van der Waals surface area contributed by atoms with Crippen molar-refractivity contribution in [1.82, 2.24) is 9.97 Å². The van der Waals surface area contributed by atoms with E-state index in [1.807, 2.05) is 48.5 Å². The molecule has 4 aliphatic heterocycles. The summed E-state index contributed by atoms with van der Waals surface area (Å²) in [5.41, 5.74) is 9.72. The van der Waals surface area contributed by atoms with Crippen LogP contribution < -0.4 is 11.1 Å². The van der Waals surface area contributed by atoms with E-state index in [1.54, 1.807) is 0 Å². The predicted molar refractivity (Wildman–Crippen MR) is 108 cm³/mol. The van der Waals surface area contributed by atoms with Crippen molar-refractivity contribution in [3.8, 4) is 33.9 Å². The maximum absolute atomic E-state index is 13.3. The van der Waals surface area contributed by atoms with Gasteiger partial charge < -0.3 is 16.0 Å². The van der Waals surface area contributed by atoms with Gasteiger partial charge in [0.15, 0.2) is 0 Å². The normalized spacial score (nSPS) is 12.4. The number of rotatable bonds is 1. The van der Waals surface area contributed by atoms with E-state index in [0.29, 0.717) is 17.1 Å². The molecule has 4 aliphatic rings. The molecule has 4 bridgehead atoms. The van der Waals surface area contributed by atoms with Gasteiger partial charge in [0.2, 0.25) is 0 Å². The molecule has 29 heavy (non-hydrogen) atoms. The number of aromatic nitrogens is 2. The van der Waals surface area contributed by atoms with E-state index in [1.165, 1.54) is 12.1 Å². The first kappa shape index (κ1) is 17.4. The molecule has 0 amide bonds. The van der Waals surface area contributed by atoms with Crippen molar-refractivity contribution in [3.63, 3.8) is 0 Å². The average Bonchev–Trinajstić information content (AvgIpc) is 3.12. The first-order valence-electron chi connectivity index (χ1n) is 8.93. The number of hydrogen-bond acceptors (Lipinski definition) is 3. The molecular weight excluding hydrogens is 377 g/mol. The number of halogens is 3. The first-order valence-corrected chi connectivity index (χ1v) is 8.93. The lowest BCUT2D eigenvalue weighted by molar-refractivity contribution is -0.136. The molecule has 1 aromatic heterocycles. The number of nitrogens with two attached hydrogens (primary N) is 1. The van der Waals surface area contributed by atoms with Crippen molar-refractivity contribution >= 4 is 17.1 Å². The van der Waals surface area contributed by atoms with Crippen LogP contribution in [0.1, 0.15) is 5.56 Å². The summed E-state index contributed by atoms with van der Waals surface area (Å²) < 4.78 is 39.9. The Kier molecular flexibility index (Phi) is 3.67. The van der Waals surface area contributed by atoms with Gasteiger partial charge in [-0.2, -0.15) is 13.2 Å². The topological polar surface area (TPSA) is 66.7 Å². The van der Waals surface area contributed by atoms with Gasteiger partial charge in [0, 0.05) is 33.8 Å². The van der Waals surface area contributed by atoms with Crippen molar-refractivity contribution in [2.45, 2.75) is 6.18 Å². The molecule has 4 aromatic rings. The Labute approximate surface area is 164 Å². The summed E-state index contributed by atoms with van der Waals surface area (Å²) in [7, 11) is 0. The summed E-state index contributed by atoms with van der Waals surface area (Å²) in [4.78, 5) is 7.85. The van der Waals surface area contributed by atoms with Gasteiger partial charge in [0.05, 0.1) is 17.0 Å². The second-order valence-corrected chi connectivity index (χ2v) is 6.89. The van der Waals surface area contributed by atoms with Gasteiger partial charge in [-0.05, 0) is 42.5 Å². The third kappa shape index (κ3) is 3.00. The van der Waals surface area contributed by atoms with Crippen LogP contribution in [0, 0.1) is 0 Å². The fraction of sp³-hybridized carbons (Fsp3) is 0.0455. The van der Waals surface area contributed by atoms with Gasteiger partial charge in [0.1, 0.15) is 5.82 Å². The summed E-state index contributed by atoms with van der Waals surface area (Å²) in [6.45, 7) is 0. The Bertz CT molecular complexity index is 1140. The minimum atomic E-state index is -4.53. The smallest absolute Gasteiger partial charge is 0.398 e. The van der Waals surface area contributed by atoms with Crippen LogP contribution in [0.4, 0.5) is 30.2 Å². The van der Waals surface area contributed by atoms with Crippen molar-refractivity contribution in [3.05, 3.63) is 72.3 Å². The van der Waals surface area contributed by atoms with E-state index in [0.717, 1.165) is 34.3 Å². The largest absolute Gasteiger partial charge is 0.418 e. The summed E-state index contributed by atoms with van der Waals surface area (Å²) >= 11 is 0. The van der Waals surface area contributed by atoms with Crippen LogP contribution in [0.15, 0.2) is 66.7 Å². The number of nitrogens with one attached hydrogen (secondary N) is 2. The summed E-state index contributed by atoms with van der Waals surface area (Å²) in [6.07, 6.45) is -4.53. The zero-order chi connectivity index (χ0) is 20.2. The quantitative estimate of drug-likeness (QED) is 0.303. The van der Waals surface area contributed by atoms with Crippen molar-refractivity contribution in [1.29, 1.82) is 0 Å². The Morgan fingerprint density at radius 3 is 1.97 bits per heavy atom. The standard InChI is InChI=1S/C22H15F3N4/c23-22(24,25)17-11-14(5-10-18(17)26)21-28-19-12-1-6-15(7-2-12)27-16-8-3-13(4-9-16)20(19)29-21/h1-11,27H,26H2,(H,28,29). The third-order valence-corrected chi connectivity index (χ3v) is 4.96. The molecule has 4 nitrogen and oxygen atoms in total. The molecule has 8 rings (SSSR count). The minimum absolute atomic E-state index is 0.311. The van der Waals surface area contributed by atoms with E-state index in [-0.39, 0.29) is 5.69 Å². The Balaban J connectivity index is 1.72. The van der Waals surface area contributed by atoms with Gasteiger partial charge in [-0.3, -0.25) is 0 Å². The number of hydrogen-bond donors (Lipinski definition) is 3. The van der Waals surface area contributed by atoms with E-state index in [2.05, 4.69) is 15.3 Å². The van der Waals surface area contributed by atoms with Crippen LogP contribution in [-0.4, -0.2) is 9.97 Å². The monoisotopic (exact) mass is 392 g/mol. The average molecular weight is 392 g/mol. The van der Waals surface area contributed by atoms with Gasteiger partial charge in [-0.1, -0.05) is 24.3 Å². The Morgan fingerprint density at radius 2 is 1.34 bits per heavy atom. The molecule has 3 aromatic carbocycles. The molecule has 0 aliphatic carbocycles. The fourth-order valence-electron chi connectivity index (χ4n) is 3.48. The number of H-pyrrole nitrogens is 1. The second-order valence-electron chi connectivity index (χ2n) is 6.89. The van der Waals surface area contributed by atoms with Gasteiger partial charge >= 0.3 is 6.18 Å². The lowest BCUT2D eigenvalue weighted by atomic mass is 10.1. The molecule has 0 spiro atoms. The molecule has 0 atom stereocenters. The summed E-state index contributed by atoms with van der Waals surface area (Å²) in [5.74, 6) is 0.351. The van der Waals surface area contributed by atoms with E-state index in [9.17, 15) is 13.2 Å². The molecule has 0 fully saturated rings. The second kappa shape index (κ2) is 6.13. The first-order chi connectivity index (χ1) is 13.9. The maximum Gasteiger partial charge on any atom is 0.418 e. The maximum atomic E-state index is 13.3. The zero-order valence-corrected chi connectivity index (χ0v) is 15.0. The molecule has 7 heteroatoms. The molecule has 5 heterocycles. The number of nitrogen functional groups attached to an aromatic ring is 1. The van der Waals surface area contributed by atoms with E-state index >= 15 is 0 Å². The molecule has 0 saturated carbocycles. The third-order valence-electron chi connectivity index (χ3n) is 4.96. The van der Waals surface area contributed by atoms with Crippen LogP contribution in [0.5, 0.6) is 0 Å². The van der Waals surface area contributed by atoms with Crippen molar-refractivity contribution < 1.29 is 13.2 Å². The van der Waals surface area contributed by atoms with E-state index < -0.39 is 11.7 Å². The highest BCUT2D eigenvalue weighted by atomic mass is 19.4. The number of benzene rings is 3. The van der Waals surface area contributed by atoms with Crippen LogP contribution >= 0.6 is 0 Å². The fourth-order valence-corrected chi connectivity index (χ4v) is 3.48. The highest BCUT2D eigenvalue weighted by molar-refractivity contribution is 5.83. The van der Waals surface area contributed by atoms with Crippen LogP contribution in [0.3, 0.4) is 0 Å². The SMILES string of the molecule is Nc1ccc(-c2nc3c([nH]2)-c2ccc(cc2)Nc2ccc-3cc2)cc1C(F)(F)F. The highest BCUT2D eigenvalue weighted by Crippen LogP contribution is 2.38. The van der Waals surface area contributed by atoms with Gasteiger partial charge in [0.25, 0.3) is 0 Å². The molecule has 0 radical (unpaired) electrons. The Morgan fingerprint density at radius 1 is 0.759 bits per heavy atom. The van der Waals surface area contributed by atoms with Crippen LogP contribution in [0.25, 0.3) is 33.9 Å². The lowest BCUT2D eigenvalue weighted by Crippen LogP contribution is -2.09. The molecule has 0 unspecified atom stereocenters. The highest BCUT2D eigenvalue weighted by Gasteiger charge is 2.33. The number of alkyl halides is 3. The number of anilines is 3. The summed E-state index contributed by atoms with van der Waals surface area (Å²) in [5, 5.41) is 3.32. The van der Waals surface area contributed by atoms with Gasteiger partial charge in [-0.25, -0.2) is 4.98 Å². The van der Waals surface area contributed by atoms with Crippen LogP contribution in [-0.2, 0) is 6.18 Å². The Hall–Kier alpha value is -3.74. The molecule has 144 valence electrons. The van der Waals surface area contributed by atoms with Crippen LogP contribution in [0.2, 0.25) is 0 Å². The minimum Gasteiger partial charge on any atom is -0.398 e. The number of imidazole rings is 1. The number of nitrogens with zero attached hydrogens (tertiary/aromatic N) is 1. The molecule has 4 N–H and O–H groups in total. The molecule has 0 saturated heterocycles. The predicted octanol–water partition coefficient (Wildman–Crippen LogP) is 6.07. The van der Waals surface area contributed by atoms with Crippen molar-refractivity contribution in [2.75, 3.05) is 11.1 Å². The number of aromatic amines is 1. The summed E-state index contributed by atoms with van der Waals surface area (Å²) in [6, 6.07) is 19.4. The zero-order valence-electron chi connectivity index (χ0n) is 15.0. The lowest BCUT2D eigenvalue weighted by Gasteiger charge is -2.11. The van der Waals surface area contributed by atoms with Crippen molar-refractivity contribution in [2.24, 2.45) is 0 Å². The van der Waals surface area contributed by atoms with Gasteiger partial charge in [-0.15, -0.1) is 0 Å². The van der Waals surface area contributed by atoms with E-state index in [4.69, 9.17) is 5.73 Å².